The summed E-state index contributed by atoms with van der Waals surface area (Å²) in [6.07, 6.45) is 2.76. The van der Waals surface area contributed by atoms with Gasteiger partial charge in [-0.15, -0.1) is 0 Å². The number of ketones is 1. The zero-order chi connectivity index (χ0) is 15.4. The van der Waals surface area contributed by atoms with Gasteiger partial charge < -0.3 is 4.74 Å². The zero-order valence-electron chi connectivity index (χ0n) is 12.9. The highest BCUT2D eigenvalue weighted by molar-refractivity contribution is 9.10. The summed E-state index contributed by atoms with van der Waals surface area (Å²) in [7, 11) is 0. The molecule has 0 atom stereocenters. The summed E-state index contributed by atoms with van der Waals surface area (Å²) in [6.45, 7) is 8.73. The first-order valence-electron chi connectivity index (χ1n) is 7.42. The van der Waals surface area contributed by atoms with E-state index < -0.39 is 0 Å². The normalized spacial score (nSPS) is 18.5. The molecule has 0 N–H and O–H groups in total. The monoisotopic (exact) mass is 351 g/mol. The predicted molar refractivity (Wildman–Crippen MR) is 89.6 cm³/mol. The maximum Gasteiger partial charge on any atom is 0.161 e. The molecule has 4 heteroatoms. The van der Waals surface area contributed by atoms with Crippen LogP contribution in [-0.2, 0) is 4.79 Å². The molecular formula is C17H22BrNO2. The number of halogens is 1. The molecule has 1 aromatic rings. The number of ether oxygens (including phenoxy) is 1. The first-order chi connectivity index (χ1) is 9.99. The van der Waals surface area contributed by atoms with Gasteiger partial charge in [0, 0.05) is 25.1 Å². The van der Waals surface area contributed by atoms with Crippen LogP contribution >= 0.6 is 15.9 Å². The number of piperidine rings is 1. The second kappa shape index (κ2) is 7.23. The standard InChI is InChI=1S/C17H22BrNO2/c1-4-19-8-7-16(20)14(11-19)9-13-5-6-17(15(18)10-13)21-12(2)3/h5-6,9-10,12H,4,7-8,11H2,1-3H3/b14-9+. The van der Waals surface area contributed by atoms with Gasteiger partial charge in [-0.1, -0.05) is 13.0 Å². The Bertz CT molecular complexity index is 552. The quantitative estimate of drug-likeness (QED) is 0.770. The van der Waals surface area contributed by atoms with E-state index in [0.29, 0.717) is 6.42 Å². The number of hydrogen-bond donors (Lipinski definition) is 0. The van der Waals surface area contributed by atoms with Crippen LogP contribution in [0, 0.1) is 0 Å². The molecule has 21 heavy (non-hydrogen) atoms. The Kier molecular flexibility index (Phi) is 5.59. The van der Waals surface area contributed by atoms with Crippen molar-refractivity contribution in [2.75, 3.05) is 19.6 Å². The molecule has 0 amide bonds. The molecule has 0 bridgehead atoms. The fourth-order valence-corrected chi connectivity index (χ4v) is 2.87. The maximum atomic E-state index is 12.0. The third kappa shape index (κ3) is 4.42. The Morgan fingerprint density at radius 1 is 1.43 bits per heavy atom. The van der Waals surface area contributed by atoms with E-state index in [9.17, 15) is 4.79 Å². The lowest BCUT2D eigenvalue weighted by atomic mass is 10.0. The molecular weight excluding hydrogens is 330 g/mol. The Morgan fingerprint density at radius 3 is 2.81 bits per heavy atom. The lowest BCUT2D eigenvalue weighted by molar-refractivity contribution is -0.117. The first-order valence-corrected chi connectivity index (χ1v) is 8.21. The summed E-state index contributed by atoms with van der Waals surface area (Å²) in [6, 6.07) is 5.94. The van der Waals surface area contributed by atoms with Crippen LogP contribution in [-0.4, -0.2) is 36.4 Å². The lowest BCUT2D eigenvalue weighted by Crippen LogP contribution is -2.35. The molecule has 1 aromatic carbocycles. The van der Waals surface area contributed by atoms with E-state index in [-0.39, 0.29) is 11.9 Å². The van der Waals surface area contributed by atoms with Crippen LogP contribution in [0.3, 0.4) is 0 Å². The van der Waals surface area contributed by atoms with E-state index in [0.717, 1.165) is 41.0 Å². The molecule has 0 aliphatic carbocycles. The number of carbonyl (C=O) groups excluding carboxylic acids is 1. The Labute approximate surface area is 135 Å². The number of Topliss-reactive ketones (excluding diaryl/α,β-unsaturated/α-hetero) is 1. The molecule has 1 saturated heterocycles. The summed E-state index contributed by atoms with van der Waals surface area (Å²) in [4.78, 5) is 14.3. The number of rotatable bonds is 4. The highest BCUT2D eigenvalue weighted by atomic mass is 79.9. The topological polar surface area (TPSA) is 29.5 Å². The minimum Gasteiger partial charge on any atom is -0.490 e. The van der Waals surface area contributed by atoms with Crippen molar-refractivity contribution in [1.82, 2.24) is 4.90 Å². The Morgan fingerprint density at radius 2 is 2.19 bits per heavy atom. The summed E-state index contributed by atoms with van der Waals surface area (Å²) in [5.74, 6) is 1.09. The molecule has 1 fully saturated rings. The van der Waals surface area contributed by atoms with Gasteiger partial charge in [-0.2, -0.15) is 0 Å². The lowest BCUT2D eigenvalue weighted by Gasteiger charge is -2.26. The molecule has 1 aliphatic rings. The largest absolute Gasteiger partial charge is 0.490 e. The molecule has 114 valence electrons. The number of nitrogens with zero attached hydrogens (tertiary/aromatic N) is 1. The van der Waals surface area contributed by atoms with Crippen LogP contribution in [0.1, 0.15) is 32.8 Å². The minimum absolute atomic E-state index is 0.142. The van der Waals surface area contributed by atoms with Crippen molar-refractivity contribution in [1.29, 1.82) is 0 Å². The van der Waals surface area contributed by atoms with E-state index in [2.05, 4.69) is 27.8 Å². The van der Waals surface area contributed by atoms with Crippen LogP contribution < -0.4 is 4.74 Å². The van der Waals surface area contributed by atoms with Crippen LogP contribution in [0.15, 0.2) is 28.2 Å². The molecule has 0 unspecified atom stereocenters. The summed E-state index contributed by atoms with van der Waals surface area (Å²) >= 11 is 3.53. The third-order valence-corrected chi connectivity index (χ3v) is 4.13. The van der Waals surface area contributed by atoms with Crippen molar-refractivity contribution in [3.63, 3.8) is 0 Å². The molecule has 0 aromatic heterocycles. The van der Waals surface area contributed by atoms with Gasteiger partial charge in [-0.05, 0) is 60.1 Å². The molecule has 0 saturated carbocycles. The highest BCUT2D eigenvalue weighted by Gasteiger charge is 2.20. The van der Waals surface area contributed by atoms with Crippen molar-refractivity contribution >= 4 is 27.8 Å². The number of likely N-dealkylation sites (tertiary alicyclic amines) is 1. The Hall–Kier alpha value is -1.13. The SMILES string of the molecule is CCN1CCC(=O)/C(=C/c2ccc(OC(C)C)c(Br)c2)C1. The minimum atomic E-state index is 0.142. The fraction of sp³-hybridized carbons (Fsp3) is 0.471. The van der Waals surface area contributed by atoms with Crippen LogP contribution in [0.2, 0.25) is 0 Å². The average Bonchev–Trinajstić information content (AvgIpc) is 2.44. The molecule has 3 nitrogen and oxygen atoms in total. The second-order valence-electron chi connectivity index (χ2n) is 5.57. The van der Waals surface area contributed by atoms with Gasteiger partial charge in [0.05, 0.1) is 10.6 Å². The van der Waals surface area contributed by atoms with Gasteiger partial charge in [-0.25, -0.2) is 0 Å². The molecule has 1 aliphatic heterocycles. The van der Waals surface area contributed by atoms with Crippen molar-refractivity contribution in [3.05, 3.63) is 33.8 Å². The Balaban J connectivity index is 2.19. The van der Waals surface area contributed by atoms with Gasteiger partial charge in [0.1, 0.15) is 5.75 Å². The fourth-order valence-electron chi connectivity index (χ4n) is 2.38. The predicted octanol–water partition coefficient (Wildman–Crippen LogP) is 3.91. The van der Waals surface area contributed by atoms with E-state index in [4.69, 9.17) is 4.74 Å². The zero-order valence-corrected chi connectivity index (χ0v) is 14.4. The van der Waals surface area contributed by atoms with Gasteiger partial charge in [-0.3, -0.25) is 9.69 Å². The molecule has 2 rings (SSSR count). The maximum absolute atomic E-state index is 12.0. The van der Waals surface area contributed by atoms with E-state index in [1.54, 1.807) is 0 Å². The summed E-state index contributed by atoms with van der Waals surface area (Å²) in [5, 5.41) is 0. The molecule has 0 spiro atoms. The van der Waals surface area contributed by atoms with E-state index >= 15 is 0 Å². The summed E-state index contributed by atoms with van der Waals surface area (Å²) < 4.78 is 6.62. The number of benzene rings is 1. The average molecular weight is 352 g/mol. The molecule has 0 radical (unpaired) electrons. The van der Waals surface area contributed by atoms with Crippen molar-refractivity contribution in [3.8, 4) is 5.75 Å². The van der Waals surface area contributed by atoms with E-state index in [1.807, 2.05) is 38.1 Å². The third-order valence-electron chi connectivity index (χ3n) is 3.51. The van der Waals surface area contributed by atoms with Crippen LogP contribution in [0.4, 0.5) is 0 Å². The van der Waals surface area contributed by atoms with Gasteiger partial charge in [0.15, 0.2) is 5.78 Å². The van der Waals surface area contributed by atoms with Gasteiger partial charge in [0.2, 0.25) is 0 Å². The second-order valence-corrected chi connectivity index (χ2v) is 6.42. The van der Waals surface area contributed by atoms with Crippen molar-refractivity contribution < 1.29 is 9.53 Å². The van der Waals surface area contributed by atoms with Gasteiger partial charge in [0.25, 0.3) is 0 Å². The number of hydrogen-bond acceptors (Lipinski definition) is 3. The smallest absolute Gasteiger partial charge is 0.161 e. The summed E-state index contributed by atoms with van der Waals surface area (Å²) in [5.41, 5.74) is 1.92. The van der Waals surface area contributed by atoms with Crippen LogP contribution in [0.25, 0.3) is 6.08 Å². The first kappa shape index (κ1) is 16.2. The van der Waals surface area contributed by atoms with Crippen molar-refractivity contribution in [2.24, 2.45) is 0 Å². The number of carbonyl (C=O) groups is 1. The van der Waals surface area contributed by atoms with Crippen molar-refractivity contribution in [2.45, 2.75) is 33.3 Å². The highest BCUT2D eigenvalue weighted by Crippen LogP contribution is 2.28. The van der Waals surface area contributed by atoms with Crippen LogP contribution in [0.5, 0.6) is 5.75 Å². The number of likely N-dealkylation sites (N-methyl/N-ethyl adjacent to an activating group) is 1. The van der Waals surface area contributed by atoms with E-state index in [1.165, 1.54) is 0 Å². The van der Waals surface area contributed by atoms with Gasteiger partial charge >= 0.3 is 0 Å². The molecule has 1 heterocycles.